The lowest BCUT2D eigenvalue weighted by atomic mass is 10.1. The van der Waals surface area contributed by atoms with E-state index in [-0.39, 0.29) is 6.42 Å². The van der Waals surface area contributed by atoms with Gasteiger partial charge in [0.1, 0.15) is 5.82 Å². The summed E-state index contributed by atoms with van der Waals surface area (Å²) in [6.45, 7) is 4.22. The molecule has 146 valence electrons. The van der Waals surface area contributed by atoms with Gasteiger partial charge in [0.2, 0.25) is 0 Å². The van der Waals surface area contributed by atoms with Gasteiger partial charge in [0.25, 0.3) is 0 Å². The highest BCUT2D eigenvalue weighted by Crippen LogP contribution is 2.16. The number of allylic oxidation sites excluding steroid dienone is 2. The van der Waals surface area contributed by atoms with Crippen LogP contribution in [0.5, 0.6) is 0 Å². The molecule has 5 nitrogen and oxygen atoms in total. The molecule has 0 aliphatic rings. The SMILES string of the molecule is CCCCCCc1c(/C=C/[C@@H](O)CC/C=C\CCC(=O)O)nc(C)n1C. The molecule has 0 aliphatic carbocycles. The standard InChI is InChI=1S/C21H34N2O3/c1-4-5-6-10-13-20-19(22-17(2)23(20)3)16-15-18(24)12-9-7-8-11-14-21(25)26/h7-8,15-16,18,24H,4-6,9-14H2,1-3H3,(H,25,26)/b8-7-,16-15+/t18-/m0/s1. The molecule has 1 rings (SSSR count). The first-order chi connectivity index (χ1) is 12.5. The van der Waals surface area contributed by atoms with Crippen molar-refractivity contribution in [3.8, 4) is 0 Å². The van der Waals surface area contributed by atoms with Crippen molar-refractivity contribution in [1.29, 1.82) is 0 Å². The first-order valence-corrected chi connectivity index (χ1v) is 9.71. The summed E-state index contributed by atoms with van der Waals surface area (Å²) in [6.07, 6.45) is 15.0. The third-order valence-corrected chi connectivity index (χ3v) is 4.53. The zero-order valence-corrected chi connectivity index (χ0v) is 16.4. The molecule has 0 fully saturated rings. The topological polar surface area (TPSA) is 75.3 Å². The number of unbranched alkanes of at least 4 members (excludes halogenated alkanes) is 3. The first-order valence-electron chi connectivity index (χ1n) is 9.71. The number of aliphatic carboxylic acids is 1. The van der Waals surface area contributed by atoms with Gasteiger partial charge in [-0.2, -0.15) is 0 Å². The molecule has 0 aromatic carbocycles. The summed E-state index contributed by atoms with van der Waals surface area (Å²) in [5.74, 6) is 0.208. The minimum Gasteiger partial charge on any atom is -0.481 e. The third kappa shape index (κ3) is 8.48. The number of aryl methyl sites for hydroxylation is 1. The number of hydrogen-bond acceptors (Lipinski definition) is 3. The zero-order chi connectivity index (χ0) is 19.4. The van der Waals surface area contributed by atoms with E-state index in [2.05, 4.69) is 16.5 Å². The lowest BCUT2D eigenvalue weighted by Gasteiger charge is -2.06. The van der Waals surface area contributed by atoms with Crippen molar-refractivity contribution >= 4 is 12.0 Å². The second-order valence-corrected chi connectivity index (χ2v) is 6.77. The molecule has 0 saturated carbocycles. The number of carboxylic acid groups (broad SMARTS) is 1. The van der Waals surface area contributed by atoms with Gasteiger partial charge in [0.05, 0.1) is 11.8 Å². The fraction of sp³-hybridized carbons (Fsp3) is 0.619. The van der Waals surface area contributed by atoms with Crippen molar-refractivity contribution in [3.05, 3.63) is 35.4 Å². The van der Waals surface area contributed by atoms with E-state index in [1.807, 2.05) is 38.3 Å². The van der Waals surface area contributed by atoms with E-state index in [1.165, 1.54) is 25.0 Å². The Balaban J connectivity index is 2.50. The third-order valence-electron chi connectivity index (χ3n) is 4.53. The predicted molar refractivity (Wildman–Crippen MR) is 106 cm³/mol. The number of rotatable bonds is 13. The number of carboxylic acids is 1. The summed E-state index contributed by atoms with van der Waals surface area (Å²) in [5, 5.41) is 18.7. The Morgan fingerprint density at radius 2 is 1.96 bits per heavy atom. The minimum atomic E-state index is -0.784. The number of aliphatic hydroxyl groups excluding tert-OH is 1. The van der Waals surface area contributed by atoms with Crippen LogP contribution in [-0.2, 0) is 18.3 Å². The number of carbonyl (C=O) groups is 1. The van der Waals surface area contributed by atoms with Crippen LogP contribution in [0.25, 0.3) is 6.08 Å². The van der Waals surface area contributed by atoms with Crippen molar-refractivity contribution in [3.63, 3.8) is 0 Å². The molecule has 1 aromatic heterocycles. The maximum absolute atomic E-state index is 10.4. The molecule has 0 saturated heterocycles. The van der Waals surface area contributed by atoms with Crippen LogP contribution < -0.4 is 0 Å². The van der Waals surface area contributed by atoms with Crippen LogP contribution in [0.2, 0.25) is 0 Å². The van der Waals surface area contributed by atoms with Gasteiger partial charge in [-0.1, -0.05) is 44.4 Å². The first kappa shape index (κ1) is 22.2. The molecule has 0 amide bonds. The number of nitrogens with zero attached hydrogens (tertiary/aromatic N) is 2. The molecule has 0 bridgehead atoms. The van der Waals surface area contributed by atoms with Crippen LogP contribution in [0.3, 0.4) is 0 Å². The van der Waals surface area contributed by atoms with Crippen molar-refractivity contribution in [2.45, 2.75) is 77.7 Å². The lowest BCUT2D eigenvalue weighted by molar-refractivity contribution is -0.136. The van der Waals surface area contributed by atoms with Crippen molar-refractivity contribution < 1.29 is 15.0 Å². The Morgan fingerprint density at radius 1 is 1.23 bits per heavy atom. The van der Waals surface area contributed by atoms with Crippen LogP contribution in [0.15, 0.2) is 18.2 Å². The molecule has 2 N–H and O–H groups in total. The molecule has 1 aromatic rings. The lowest BCUT2D eigenvalue weighted by Crippen LogP contribution is -2.02. The van der Waals surface area contributed by atoms with E-state index in [9.17, 15) is 9.90 Å². The second kappa shape index (κ2) is 12.5. The molecular weight excluding hydrogens is 328 g/mol. The average molecular weight is 363 g/mol. The molecule has 26 heavy (non-hydrogen) atoms. The van der Waals surface area contributed by atoms with E-state index in [1.54, 1.807) is 0 Å². The second-order valence-electron chi connectivity index (χ2n) is 6.77. The Hall–Kier alpha value is -1.88. The van der Waals surface area contributed by atoms with Crippen LogP contribution in [-0.4, -0.2) is 31.8 Å². The largest absolute Gasteiger partial charge is 0.481 e. The van der Waals surface area contributed by atoms with E-state index in [0.29, 0.717) is 12.8 Å². The van der Waals surface area contributed by atoms with Crippen molar-refractivity contribution in [2.24, 2.45) is 7.05 Å². The fourth-order valence-electron chi connectivity index (χ4n) is 2.84. The summed E-state index contributed by atoms with van der Waals surface area (Å²) < 4.78 is 2.14. The Bertz CT molecular complexity index is 603. The number of imidazole rings is 1. The van der Waals surface area contributed by atoms with Crippen LogP contribution in [0.1, 0.15) is 75.5 Å². The van der Waals surface area contributed by atoms with Gasteiger partial charge in [-0.25, -0.2) is 4.98 Å². The fourth-order valence-corrected chi connectivity index (χ4v) is 2.84. The average Bonchev–Trinajstić information content (AvgIpc) is 2.87. The van der Waals surface area contributed by atoms with Gasteiger partial charge in [-0.05, 0) is 45.1 Å². The highest BCUT2D eigenvalue weighted by molar-refractivity contribution is 5.66. The molecule has 1 heterocycles. The molecule has 0 aliphatic heterocycles. The Labute approximate surface area is 157 Å². The molecule has 0 radical (unpaired) electrons. The van der Waals surface area contributed by atoms with Gasteiger partial charge in [0.15, 0.2) is 0 Å². The Morgan fingerprint density at radius 3 is 2.65 bits per heavy atom. The maximum atomic E-state index is 10.4. The predicted octanol–water partition coefficient (Wildman–Crippen LogP) is 4.43. The van der Waals surface area contributed by atoms with E-state index in [0.717, 1.165) is 30.8 Å². The molecule has 5 heteroatoms. The normalized spacial score (nSPS) is 13.1. The quantitative estimate of drug-likeness (QED) is 0.402. The van der Waals surface area contributed by atoms with Crippen molar-refractivity contribution in [2.75, 3.05) is 0 Å². The summed E-state index contributed by atoms with van der Waals surface area (Å²) in [4.78, 5) is 15.0. The van der Waals surface area contributed by atoms with Gasteiger partial charge in [-0.15, -0.1) is 0 Å². The minimum absolute atomic E-state index is 0.152. The smallest absolute Gasteiger partial charge is 0.303 e. The van der Waals surface area contributed by atoms with Crippen LogP contribution in [0.4, 0.5) is 0 Å². The number of hydrogen-bond donors (Lipinski definition) is 2. The van der Waals surface area contributed by atoms with Crippen LogP contribution >= 0.6 is 0 Å². The number of aromatic nitrogens is 2. The van der Waals surface area contributed by atoms with E-state index >= 15 is 0 Å². The summed E-state index contributed by atoms with van der Waals surface area (Å²) >= 11 is 0. The monoisotopic (exact) mass is 362 g/mol. The zero-order valence-electron chi connectivity index (χ0n) is 16.4. The Kier molecular flexibility index (Phi) is 10.6. The summed E-state index contributed by atoms with van der Waals surface area (Å²) in [6, 6.07) is 0. The molecule has 1 atom stereocenters. The number of aliphatic hydroxyl groups is 1. The molecule has 0 unspecified atom stereocenters. The van der Waals surface area contributed by atoms with Gasteiger partial charge in [-0.3, -0.25) is 4.79 Å². The van der Waals surface area contributed by atoms with Gasteiger partial charge >= 0.3 is 5.97 Å². The maximum Gasteiger partial charge on any atom is 0.303 e. The summed E-state index contributed by atoms with van der Waals surface area (Å²) in [5.41, 5.74) is 2.19. The van der Waals surface area contributed by atoms with Crippen LogP contribution in [0, 0.1) is 6.92 Å². The highest BCUT2D eigenvalue weighted by Gasteiger charge is 2.10. The molecular formula is C21H34N2O3. The van der Waals surface area contributed by atoms with E-state index in [4.69, 9.17) is 5.11 Å². The van der Waals surface area contributed by atoms with E-state index < -0.39 is 12.1 Å². The van der Waals surface area contributed by atoms with Crippen molar-refractivity contribution in [1.82, 2.24) is 9.55 Å². The summed E-state index contributed by atoms with van der Waals surface area (Å²) in [7, 11) is 2.05. The van der Waals surface area contributed by atoms with Gasteiger partial charge < -0.3 is 14.8 Å². The molecule has 0 spiro atoms. The highest BCUT2D eigenvalue weighted by atomic mass is 16.4. The van der Waals surface area contributed by atoms with Gasteiger partial charge in [0, 0.05) is 19.2 Å².